The lowest BCUT2D eigenvalue weighted by Crippen LogP contribution is -2.32. The van der Waals surface area contributed by atoms with E-state index in [1.165, 1.54) is 25.7 Å². The molecule has 56 valence electrons. The average Bonchev–Trinajstić information content (AvgIpc) is 1.94. The van der Waals surface area contributed by atoms with Crippen LogP contribution in [0.4, 0.5) is 0 Å². The van der Waals surface area contributed by atoms with Crippen molar-refractivity contribution >= 4 is 0 Å². The quantitative estimate of drug-likeness (QED) is 0.545. The van der Waals surface area contributed by atoms with Gasteiger partial charge < -0.3 is 5.73 Å². The third-order valence-electron chi connectivity index (χ3n) is 2.35. The standard InChI is InChI=1S/C9H15N/c1-2-5-8-6-3-4-7-9(8)10/h1,8-9H,3-7,10H2. The van der Waals surface area contributed by atoms with Crippen LogP contribution in [-0.4, -0.2) is 6.04 Å². The molecule has 0 aromatic carbocycles. The summed E-state index contributed by atoms with van der Waals surface area (Å²) in [5, 5.41) is 0. The van der Waals surface area contributed by atoms with E-state index in [0.29, 0.717) is 12.0 Å². The van der Waals surface area contributed by atoms with Gasteiger partial charge in [-0.25, -0.2) is 0 Å². The highest BCUT2D eigenvalue weighted by atomic mass is 14.7. The van der Waals surface area contributed by atoms with Crippen molar-refractivity contribution < 1.29 is 0 Å². The van der Waals surface area contributed by atoms with E-state index in [4.69, 9.17) is 12.2 Å². The predicted molar refractivity (Wildman–Crippen MR) is 43.4 cm³/mol. The van der Waals surface area contributed by atoms with Crippen molar-refractivity contribution in [1.29, 1.82) is 0 Å². The van der Waals surface area contributed by atoms with Crippen LogP contribution in [0.25, 0.3) is 0 Å². The van der Waals surface area contributed by atoms with Crippen LogP contribution in [0.2, 0.25) is 0 Å². The van der Waals surface area contributed by atoms with Crippen LogP contribution in [0, 0.1) is 18.3 Å². The second-order valence-electron chi connectivity index (χ2n) is 3.12. The molecule has 2 atom stereocenters. The van der Waals surface area contributed by atoms with Gasteiger partial charge in [0.15, 0.2) is 0 Å². The number of hydrogen-bond acceptors (Lipinski definition) is 1. The van der Waals surface area contributed by atoms with Crippen molar-refractivity contribution in [2.24, 2.45) is 11.7 Å². The lowest BCUT2D eigenvalue weighted by atomic mass is 9.83. The third kappa shape index (κ3) is 1.75. The fourth-order valence-corrected chi connectivity index (χ4v) is 1.64. The Morgan fingerprint density at radius 2 is 2.10 bits per heavy atom. The Morgan fingerprint density at radius 3 is 2.70 bits per heavy atom. The van der Waals surface area contributed by atoms with Crippen molar-refractivity contribution in [1.82, 2.24) is 0 Å². The normalized spacial score (nSPS) is 33.2. The summed E-state index contributed by atoms with van der Waals surface area (Å²) < 4.78 is 0. The minimum absolute atomic E-state index is 0.379. The fourth-order valence-electron chi connectivity index (χ4n) is 1.64. The highest BCUT2D eigenvalue weighted by Gasteiger charge is 2.19. The van der Waals surface area contributed by atoms with Crippen LogP contribution >= 0.6 is 0 Å². The van der Waals surface area contributed by atoms with Gasteiger partial charge in [0.25, 0.3) is 0 Å². The molecule has 1 aliphatic carbocycles. The zero-order valence-electron chi connectivity index (χ0n) is 6.34. The summed E-state index contributed by atoms with van der Waals surface area (Å²) in [7, 11) is 0. The first-order valence-corrected chi connectivity index (χ1v) is 4.03. The monoisotopic (exact) mass is 137 g/mol. The average molecular weight is 137 g/mol. The molecule has 1 nitrogen and oxygen atoms in total. The van der Waals surface area contributed by atoms with Gasteiger partial charge in [-0.3, -0.25) is 0 Å². The molecular formula is C9H15N. The van der Waals surface area contributed by atoms with Crippen LogP contribution in [0.3, 0.4) is 0 Å². The molecule has 0 amide bonds. The minimum atomic E-state index is 0.379. The molecule has 0 heterocycles. The third-order valence-corrected chi connectivity index (χ3v) is 2.35. The van der Waals surface area contributed by atoms with E-state index in [2.05, 4.69) is 5.92 Å². The van der Waals surface area contributed by atoms with Crippen LogP contribution in [0.5, 0.6) is 0 Å². The molecule has 1 fully saturated rings. The summed E-state index contributed by atoms with van der Waals surface area (Å²) in [6.07, 6.45) is 11.1. The van der Waals surface area contributed by atoms with Crippen LogP contribution in [-0.2, 0) is 0 Å². The molecule has 0 spiro atoms. The van der Waals surface area contributed by atoms with Gasteiger partial charge in [0.1, 0.15) is 0 Å². The number of rotatable bonds is 1. The number of hydrogen-bond donors (Lipinski definition) is 1. The Morgan fingerprint density at radius 1 is 1.40 bits per heavy atom. The molecule has 0 aromatic heterocycles. The van der Waals surface area contributed by atoms with Gasteiger partial charge in [-0.15, -0.1) is 12.3 Å². The van der Waals surface area contributed by atoms with Gasteiger partial charge in [-0.1, -0.05) is 12.8 Å². The van der Waals surface area contributed by atoms with Gasteiger partial charge in [-0.05, 0) is 18.8 Å². The molecule has 10 heavy (non-hydrogen) atoms. The van der Waals surface area contributed by atoms with E-state index in [1.54, 1.807) is 0 Å². The number of terminal acetylenes is 1. The van der Waals surface area contributed by atoms with E-state index in [-0.39, 0.29) is 0 Å². The van der Waals surface area contributed by atoms with Crippen molar-refractivity contribution in [3.8, 4) is 12.3 Å². The highest BCUT2D eigenvalue weighted by molar-refractivity contribution is 4.91. The van der Waals surface area contributed by atoms with E-state index < -0.39 is 0 Å². The predicted octanol–water partition coefficient (Wildman–Crippen LogP) is 1.53. The van der Waals surface area contributed by atoms with Crippen LogP contribution in [0.15, 0.2) is 0 Å². The molecular weight excluding hydrogens is 122 g/mol. The summed E-state index contributed by atoms with van der Waals surface area (Å²) in [5.41, 5.74) is 5.87. The number of nitrogens with two attached hydrogens (primary N) is 1. The Hall–Kier alpha value is -0.480. The maximum atomic E-state index is 5.87. The fraction of sp³-hybridized carbons (Fsp3) is 0.778. The molecule has 2 N–H and O–H groups in total. The van der Waals surface area contributed by atoms with E-state index in [9.17, 15) is 0 Å². The van der Waals surface area contributed by atoms with Gasteiger partial charge in [-0.2, -0.15) is 0 Å². The topological polar surface area (TPSA) is 26.0 Å². The lowest BCUT2D eigenvalue weighted by molar-refractivity contribution is 0.313. The second-order valence-corrected chi connectivity index (χ2v) is 3.12. The van der Waals surface area contributed by atoms with Gasteiger partial charge in [0.05, 0.1) is 0 Å². The van der Waals surface area contributed by atoms with E-state index >= 15 is 0 Å². The summed E-state index contributed by atoms with van der Waals surface area (Å²) in [6.45, 7) is 0. The zero-order chi connectivity index (χ0) is 7.40. The minimum Gasteiger partial charge on any atom is -0.327 e. The molecule has 0 bridgehead atoms. The first kappa shape index (κ1) is 7.63. The maximum Gasteiger partial charge on any atom is 0.0129 e. The van der Waals surface area contributed by atoms with E-state index in [0.717, 1.165) is 6.42 Å². The molecule has 2 unspecified atom stereocenters. The molecule has 0 aliphatic heterocycles. The van der Waals surface area contributed by atoms with Crippen molar-refractivity contribution in [3.05, 3.63) is 0 Å². The van der Waals surface area contributed by atoms with Crippen LogP contribution < -0.4 is 5.73 Å². The van der Waals surface area contributed by atoms with Crippen molar-refractivity contribution in [3.63, 3.8) is 0 Å². The Bertz CT molecular complexity index is 134. The van der Waals surface area contributed by atoms with Gasteiger partial charge >= 0.3 is 0 Å². The summed E-state index contributed by atoms with van der Waals surface area (Å²) >= 11 is 0. The van der Waals surface area contributed by atoms with Gasteiger partial charge in [0, 0.05) is 12.5 Å². The first-order valence-electron chi connectivity index (χ1n) is 4.03. The Balaban J connectivity index is 2.34. The van der Waals surface area contributed by atoms with Crippen LogP contribution in [0.1, 0.15) is 32.1 Å². The molecule has 0 saturated heterocycles. The molecule has 1 aliphatic rings. The second kappa shape index (κ2) is 3.63. The van der Waals surface area contributed by atoms with Gasteiger partial charge in [0.2, 0.25) is 0 Å². The maximum absolute atomic E-state index is 5.87. The molecule has 1 heteroatoms. The van der Waals surface area contributed by atoms with E-state index in [1.807, 2.05) is 0 Å². The largest absolute Gasteiger partial charge is 0.327 e. The smallest absolute Gasteiger partial charge is 0.0129 e. The molecule has 0 aromatic rings. The SMILES string of the molecule is C#CCC1CCCCC1N. The molecule has 1 saturated carbocycles. The first-order chi connectivity index (χ1) is 4.84. The van der Waals surface area contributed by atoms with Crippen molar-refractivity contribution in [2.45, 2.75) is 38.1 Å². The summed E-state index contributed by atoms with van der Waals surface area (Å²) in [6, 6.07) is 0.379. The zero-order valence-corrected chi connectivity index (χ0v) is 6.34. The lowest BCUT2D eigenvalue weighted by Gasteiger charge is -2.26. The molecule has 1 rings (SSSR count). The van der Waals surface area contributed by atoms with Crippen molar-refractivity contribution in [2.75, 3.05) is 0 Å². The Labute approximate surface area is 63.0 Å². The highest BCUT2D eigenvalue weighted by Crippen LogP contribution is 2.24. The summed E-state index contributed by atoms with van der Waals surface area (Å²) in [5.74, 6) is 3.30. The Kier molecular flexibility index (Phi) is 2.77. The summed E-state index contributed by atoms with van der Waals surface area (Å²) in [4.78, 5) is 0. The molecule has 0 radical (unpaired) electrons.